The van der Waals surface area contributed by atoms with Crippen molar-refractivity contribution in [3.63, 3.8) is 0 Å². The Labute approximate surface area is 119 Å². The highest BCUT2D eigenvalue weighted by Gasteiger charge is 2.34. The highest BCUT2D eigenvalue weighted by Crippen LogP contribution is 2.31. The Morgan fingerprint density at radius 2 is 2.00 bits per heavy atom. The van der Waals surface area contributed by atoms with Gasteiger partial charge in [-0.2, -0.15) is 0 Å². The molecular weight excluding hydrogens is 254 g/mol. The van der Waals surface area contributed by atoms with Crippen LogP contribution in [0.2, 0.25) is 0 Å². The lowest BCUT2D eigenvalue weighted by Crippen LogP contribution is -2.32. The minimum absolute atomic E-state index is 0.0252. The molecule has 2 rings (SSSR count). The number of hydrogen-bond donors (Lipinski definition) is 2. The highest BCUT2D eigenvalue weighted by molar-refractivity contribution is 5.81. The Morgan fingerprint density at radius 1 is 1.30 bits per heavy atom. The molecule has 108 valence electrons. The molecule has 4 nitrogen and oxygen atoms in total. The van der Waals surface area contributed by atoms with Gasteiger partial charge in [0.15, 0.2) is 0 Å². The van der Waals surface area contributed by atoms with Gasteiger partial charge in [0.25, 0.3) is 0 Å². The smallest absolute Gasteiger partial charge is 0.306 e. The van der Waals surface area contributed by atoms with Gasteiger partial charge in [0, 0.05) is 5.92 Å². The van der Waals surface area contributed by atoms with Gasteiger partial charge >= 0.3 is 5.97 Å². The number of carboxylic acid groups (broad SMARTS) is 1. The summed E-state index contributed by atoms with van der Waals surface area (Å²) in [6.07, 6.45) is 1.73. The second-order valence-corrected chi connectivity index (χ2v) is 5.69. The van der Waals surface area contributed by atoms with Crippen molar-refractivity contribution in [3.05, 3.63) is 35.4 Å². The Hall–Kier alpha value is -1.84. The van der Waals surface area contributed by atoms with Gasteiger partial charge < -0.3 is 10.4 Å². The van der Waals surface area contributed by atoms with Crippen LogP contribution in [-0.2, 0) is 9.59 Å². The molecule has 0 heterocycles. The van der Waals surface area contributed by atoms with E-state index in [1.807, 2.05) is 32.0 Å². The summed E-state index contributed by atoms with van der Waals surface area (Å²) in [5, 5.41) is 12.0. The zero-order valence-corrected chi connectivity index (χ0v) is 11.9. The quantitative estimate of drug-likeness (QED) is 0.887. The molecule has 20 heavy (non-hydrogen) atoms. The Morgan fingerprint density at radius 3 is 2.60 bits per heavy atom. The third kappa shape index (κ3) is 3.38. The fourth-order valence-corrected chi connectivity index (χ4v) is 2.80. The second kappa shape index (κ2) is 6.07. The zero-order valence-electron chi connectivity index (χ0n) is 11.9. The molecule has 1 aliphatic carbocycles. The first-order valence-corrected chi connectivity index (χ1v) is 7.07. The van der Waals surface area contributed by atoms with Crippen molar-refractivity contribution < 1.29 is 14.7 Å². The molecule has 0 saturated heterocycles. The van der Waals surface area contributed by atoms with E-state index in [4.69, 9.17) is 5.11 Å². The third-order valence-corrected chi connectivity index (χ3v) is 4.05. The number of carboxylic acids is 1. The van der Waals surface area contributed by atoms with Gasteiger partial charge in [-0.3, -0.25) is 9.59 Å². The molecule has 1 aliphatic rings. The van der Waals surface area contributed by atoms with Crippen molar-refractivity contribution in [2.45, 2.75) is 39.2 Å². The summed E-state index contributed by atoms with van der Waals surface area (Å²) in [6.45, 7) is 3.97. The van der Waals surface area contributed by atoms with Crippen LogP contribution in [0, 0.1) is 18.8 Å². The van der Waals surface area contributed by atoms with Crippen LogP contribution >= 0.6 is 0 Å². The highest BCUT2D eigenvalue weighted by atomic mass is 16.4. The van der Waals surface area contributed by atoms with E-state index in [2.05, 4.69) is 11.4 Å². The molecule has 1 aromatic carbocycles. The van der Waals surface area contributed by atoms with E-state index in [-0.39, 0.29) is 23.8 Å². The van der Waals surface area contributed by atoms with E-state index in [0.29, 0.717) is 19.3 Å². The second-order valence-electron chi connectivity index (χ2n) is 5.69. The Balaban J connectivity index is 1.93. The lowest BCUT2D eigenvalue weighted by atomic mass is 10.0. The van der Waals surface area contributed by atoms with Gasteiger partial charge in [0.2, 0.25) is 5.91 Å². The molecule has 2 N–H and O–H groups in total. The van der Waals surface area contributed by atoms with Gasteiger partial charge in [-0.15, -0.1) is 0 Å². The number of carbonyl (C=O) groups excluding carboxylic acids is 1. The first kappa shape index (κ1) is 14.6. The molecule has 1 aromatic rings. The third-order valence-electron chi connectivity index (χ3n) is 4.05. The Bertz CT molecular complexity index is 512. The zero-order chi connectivity index (χ0) is 14.7. The topological polar surface area (TPSA) is 66.4 Å². The minimum atomic E-state index is -0.785. The van der Waals surface area contributed by atoms with Crippen molar-refractivity contribution in [3.8, 4) is 0 Å². The van der Waals surface area contributed by atoms with E-state index in [0.717, 1.165) is 11.1 Å². The van der Waals surface area contributed by atoms with E-state index in [1.54, 1.807) is 0 Å². The maximum absolute atomic E-state index is 12.2. The fraction of sp³-hybridized carbons (Fsp3) is 0.500. The van der Waals surface area contributed by atoms with Crippen LogP contribution in [0.3, 0.4) is 0 Å². The van der Waals surface area contributed by atoms with Crippen LogP contribution in [0.1, 0.15) is 43.4 Å². The summed E-state index contributed by atoms with van der Waals surface area (Å²) < 4.78 is 0. The number of aliphatic carboxylic acids is 1. The average molecular weight is 275 g/mol. The van der Waals surface area contributed by atoms with Crippen LogP contribution in [0.25, 0.3) is 0 Å². The molecule has 0 aliphatic heterocycles. The summed E-state index contributed by atoms with van der Waals surface area (Å²) in [5.41, 5.74) is 2.24. The number of rotatable bonds is 4. The molecule has 1 fully saturated rings. The molecular formula is C16H21NO3. The van der Waals surface area contributed by atoms with E-state index in [1.165, 1.54) is 0 Å². The van der Waals surface area contributed by atoms with Crippen LogP contribution in [0.5, 0.6) is 0 Å². The lowest BCUT2D eigenvalue weighted by Gasteiger charge is -2.18. The number of benzene rings is 1. The summed E-state index contributed by atoms with van der Waals surface area (Å²) in [5.74, 6) is -1.34. The largest absolute Gasteiger partial charge is 0.481 e. The summed E-state index contributed by atoms with van der Waals surface area (Å²) in [7, 11) is 0. The fourth-order valence-electron chi connectivity index (χ4n) is 2.80. The van der Waals surface area contributed by atoms with Crippen LogP contribution in [-0.4, -0.2) is 17.0 Å². The van der Waals surface area contributed by atoms with Crippen molar-refractivity contribution in [1.82, 2.24) is 5.32 Å². The predicted octanol–water partition coefficient (Wildman–Crippen LogP) is 2.67. The summed E-state index contributed by atoms with van der Waals surface area (Å²) in [6, 6.07) is 7.99. The van der Waals surface area contributed by atoms with Crippen molar-refractivity contribution in [1.29, 1.82) is 0 Å². The normalized spacial score (nSPS) is 23.3. The summed E-state index contributed by atoms with van der Waals surface area (Å²) in [4.78, 5) is 23.1. The van der Waals surface area contributed by atoms with E-state index < -0.39 is 5.97 Å². The van der Waals surface area contributed by atoms with Gasteiger partial charge in [0.1, 0.15) is 0 Å². The molecule has 0 unspecified atom stereocenters. The van der Waals surface area contributed by atoms with Gasteiger partial charge in [-0.05, 0) is 38.7 Å². The first-order chi connectivity index (χ1) is 9.47. The Kier molecular flexibility index (Phi) is 4.42. The molecule has 0 spiro atoms. The molecule has 0 radical (unpaired) electrons. The van der Waals surface area contributed by atoms with Crippen molar-refractivity contribution in [2.75, 3.05) is 0 Å². The van der Waals surface area contributed by atoms with Gasteiger partial charge in [-0.25, -0.2) is 0 Å². The summed E-state index contributed by atoms with van der Waals surface area (Å²) >= 11 is 0. The standard InChI is InChI=1S/C16H21NO3/c1-10-4-3-5-12(8-10)11(2)17-15(18)13-6-7-14(9-13)16(19)20/h3-5,8,11,13-14H,6-7,9H2,1-2H3,(H,17,18)(H,19,20)/t11-,13+,14-/m0/s1. The van der Waals surface area contributed by atoms with Crippen LogP contribution in [0.15, 0.2) is 24.3 Å². The first-order valence-electron chi connectivity index (χ1n) is 7.07. The molecule has 1 saturated carbocycles. The van der Waals surface area contributed by atoms with Gasteiger partial charge in [0.05, 0.1) is 12.0 Å². The number of aryl methyl sites for hydroxylation is 1. The molecule has 4 heteroatoms. The maximum Gasteiger partial charge on any atom is 0.306 e. The molecule has 0 aromatic heterocycles. The van der Waals surface area contributed by atoms with Crippen molar-refractivity contribution in [2.24, 2.45) is 11.8 Å². The van der Waals surface area contributed by atoms with Crippen LogP contribution < -0.4 is 5.32 Å². The molecule has 0 bridgehead atoms. The SMILES string of the molecule is Cc1cccc([C@H](C)NC(=O)[C@@H]2CC[C@H](C(=O)O)C2)c1. The number of amides is 1. The van der Waals surface area contributed by atoms with E-state index in [9.17, 15) is 9.59 Å². The van der Waals surface area contributed by atoms with Crippen molar-refractivity contribution >= 4 is 11.9 Å². The minimum Gasteiger partial charge on any atom is -0.481 e. The monoisotopic (exact) mass is 275 g/mol. The molecule has 3 atom stereocenters. The average Bonchev–Trinajstić information content (AvgIpc) is 2.88. The number of hydrogen-bond acceptors (Lipinski definition) is 2. The number of nitrogens with one attached hydrogen (secondary N) is 1. The maximum atomic E-state index is 12.2. The number of carbonyl (C=O) groups is 2. The molecule has 1 amide bonds. The lowest BCUT2D eigenvalue weighted by molar-refractivity contribution is -0.141. The predicted molar refractivity (Wildman–Crippen MR) is 76.2 cm³/mol. The van der Waals surface area contributed by atoms with Crippen LogP contribution in [0.4, 0.5) is 0 Å². The van der Waals surface area contributed by atoms with Gasteiger partial charge in [-0.1, -0.05) is 29.8 Å². The van der Waals surface area contributed by atoms with E-state index >= 15 is 0 Å².